The minimum atomic E-state index is 0.766. The molecule has 2 rings (SSSR count). The molecule has 0 saturated heterocycles. The molecule has 16 heavy (non-hydrogen) atoms. The van der Waals surface area contributed by atoms with Gasteiger partial charge in [-0.2, -0.15) is 0 Å². The van der Waals surface area contributed by atoms with Gasteiger partial charge in [-0.15, -0.1) is 0 Å². The van der Waals surface area contributed by atoms with Crippen LogP contribution in [0.4, 0.5) is 0 Å². The molecule has 1 aromatic heterocycles. The topological polar surface area (TPSA) is 22.1 Å². The molecule has 2 heteroatoms. The van der Waals surface area contributed by atoms with E-state index in [0.717, 1.165) is 17.1 Å². The Labute approximate surface area is 96.9 Å². The molecule has 0 N–H and O–H groups in total. The second-order valence-corrected chi connectivity index (χ2v) is 3.06. The lowest BCUT2D eigenvalue weighted by Crippen LogP contribution is -1.86. The van der Waals surface area contributed by atoms with Gasteiger partial charge in [0, 0.05) is 6.20 Å². The van der Waals surface area contributed by atoms with E-state index in [0.29, 0.717) is 0 Å². The largest absolute Gasteiger partial charge is 0.455 e. The van der Waals surface area contributed by atoms with Crippen molar-refractivity contribution in [2.45, 2.75) is 20.8 Å². The molecule has 0 amide bonds. The molecule has 0 aliphatic heterocycles. The van der Waals surface area contributed by atoms with Crippen LogP contribution in [0.25, 0.3) is 0 Å². The summed E-state index contributed by atoms with van der Waals surface area (Å²) in [4.78, 5) is 3.99. The highest BCUT2D eigenvalue weighted by molar-refractivity contribution is 5.35. The Morgan fingerprint density at radius 1 is 1.00 bits per heavy atom. The van der Waals surface area contributed by atoms with Gasteiger partial charge >= 0.3 is 0 Å². The van der Waals surface area contributed by atoms with Crippen molar-refractivity contribution in [3.05, 3.63) is 54.4 Å². The van der Waals surface area contributed by atoms with Crippen molar-refractivity contribution in [2.24, 2.45) is 0 Å². The van der Waals surface area contributed by atoms with Crippen LogP contribution in [0.1, 0.15) is 19.4 Å². The first-order valence-electron chi connectivity index (χ1n) is 5.50. The maximum Gasteiger partial charge on any atom is 0.145 e. The van der Waals surface area contributed by atoms with Crippen molar-refractivity contribution in [3.63, 3.8) is 0 Å². The molecule has 2 nitrogen and oxygen atoms in total. The lowest BCUT2D eigenvalue weighted by Gasteiger charge is -2.06. The molecule has 0 fully saturated rings. The van der Waals surface area contributed by atoms with Gasteiger partial charge in [0.25, 0.3) is 0 Å². The van der Waals surface area contributed by atoms with E-state index >= 15 is 0 Å². The standard InChI is InChI=1S/C12H11NO.C2H6/c1-10-5-2-3-7-12(10)14-11-6-4-8-13-9-11;1-2/h2-9H,1H3;1-2H3. The summed E-state index contributed by atoms with van der Waals surface area (Å²) in [7, 11) is 0. The molecule has 0 unspecified atom stereocenters. The molecule has 0 saturated carbocycles. The fourth-order valence-electron chi connectivity index (χ4n) is 1.21. The van der Waals surface area contributed by atoms with Gasteiger partial charge < -0.3 is 4.74 Å². The zero-order valence-corrected chi connectivity index (χ0v) is 9.97. The Bertz CT molecular complexity index is 412. The number of pyridine rings is 1. The third-order valence-corrected chi connectivity index (χ3v) is 1.96. The molecule has 0 aliphatic carbocycles. The van der Waals surface area contributed by atoms with Crippen LogP contribution in [0.2, 0.25) is 0 Å². The fourth-order valence-corrected chi connectivity index (χ4v) is 1.21. The second-order valence-electron chi connectivity index (χ2n) is 3.06. The molecule has 0 radical (unpaired) electrons. The van der Waals surface area contributed by atoms with Gasteiger partial charge in [0.1, 0.15) is 11.5 Å². The summed E-state index contributed by atoms with van der Waals surface area (Å²) >= 11 is 0. The van der Waals surface area contributed by atoms with E-state index in [-0.39, 0.29) is 0 Å². The highest BCUT2D eigenvalue weighted by atomic mass is 16.5. The summed E-state index contributed by atoms with van der Waals surface area (Å²) < 4.78 is 5.65. The highest BCUT2D eigenvalue weighted by Crippen LogP contribution is 2.23. The molecular formula is C14H17NO. The van der Waals surface area contributed by atoms with Gasteiger partial charge in [0.15, 0.2) is 0 Å². The van der Waals surface area contributed by atoms with E-state index in [4.69, 9.17) is 4.74 Å². The number of rotatable bonds is 2. The minimum absolute atomic E-state index is 0.766. The van der Waals surface area contributed by atoms with Crippen molar-refractivity contribution in [2.75, 3.05) is 0 Å². The number of nitrogens with zero attached hydrogens (tertiary/aromatic N) is 1. The molecule has 0 spiro atoms. The quantitative estimate of drug-likeness (QED) is 0.748. The Balaban J connectivity index is 0.000000606. The average Bonchev–Trinajstić information content (AvgIpc) is 2.36. The van der Waals surface area contributed by atoms with Crippen molar-refractivity contribution in [3.8, 4) is 11.5 Å². The van der Waals surface area contributed by atoms with E-state index in [1.54, 1.807) is 12.4 Å². The van der Waals surface area contributed by atoms with Gasteiger partial charge in [-0.05, 0) is 30.7 Å². The van der Waals surface area contributed by atoms with Crippen LogP contribution >= 0.6 is 0 Å². The minimum Gasteiger partial charge on any atom is -0.455 e. The lowest BCUT2D eigenvalue weighted by molar-refractivity contribution is 0.476. The summed E-state index contributed by atoms with van der Waals surface area (Å²) in [6, 6.07) is 11.7. The highest BCUT2D eigenvalue weighted by Gasteiger charge is 1.98. The van der Waals surface area contributed by atoms with Crippen molar-refractivity contribution >= 4 is 0 Å². The molecule has 2 aromatic rings. The molecule has 0 atom stereocenters. The van der Waals surface area contributed by atoms with Gasteiger partial charge in [-0.3, -0.25) is 4.98 Å². The van der Waals surface area contributed by atoms with E-state index < -0.39 is 0 Å². The zero-order valence-electron chi connectivity index (χ0n) is 9.97. The first-order chi connectivity index (χ1) is 7.86. The first-order valence-corrected chi connectivity index (χ1v) is 5.50. The van der Waals surface area contributed by atoms with Crippen LogP contribution in [-0.2, 0) is 0 Å². The molecule has 0 aliphatic rings. The van der Waals surface area contributed by atoms with Crippen LogP contribution in [0, 0.1) is 6.92 Å². The number of ether oxygens (including phenoxy) is 1. The number of para-hydroxylation sites is 1. The van der Waals surface area contributed by atoms with E-state index in [1.165, 1.54) is 0 Å². The number of aromatic nitrogens is 1. The number of hydrogen-bond acceptors (Lipinski definition) is 2. The maximum absolute atomic E-state index is 5.65. The number of hydrogen-bond donors (Lipinski definition) is 0. The van der Waals surface area contributed by atoms with Crippen LogP contribution in [-0.4, -0.2) is 4.98 Å². The molecule has 1 aromatic carbocycles. The Hall–Kier alpha value is -1.83. The average molecular weight is 215 g/mol. The molecule has 84 valence electrons. The Morgan fingerprint density at radius 3 is 2.38 bits per heavy atom. The predicted octanol–water partition coefficient (Wildman–Crippen LogP) is 4.21. The van der Waals surface area contributed by atoms with Crippen LogP contribution < -0.4 is 4.74 Å². The van der Waals surface area contributed by atoms with Crippen LogP contribution in [0.5, 0.6) is 11.5 Å². The summed E-state index contributed by atoms with van der Waals surface area (Å²) in [6.45, 7) is 6.02. The monoisotopic (exact) mass is 215 g/mol. The van der Waals surface area contributed by atoms with Crippen molar-refractivity contribution in [1.29, 1.82) is 0 Å². The molecule has 0 bridgehead atoms. The fraction of sp³-hybridized carbons (Fsp3) is 0.214. The number of benzene rings is 1. The predicted molar refractivity (Wildman–Crippen MR) is 66.8 cm³/mol. The summed E-state index contributed by atoms with van der Waals surface area (Å²) in [5.74, 6) is 1.64. The van der Waals surface area contributed by atoms with Crippen LogP contribution in [0.15, 0.2) is 48.8 Å². The smallest absolute Gasteiger partial charge is 0.145 e. The maximum atomic E-state index is 5.65. The van der Waals surface area contributed by atoms with Crippen LogP contribution in [0.3, 0.4) is 0 Å². The second kappa shape index (κ2) is 6.62. The summed E-state index contributed by atoms with van der Waals surface area (Å²) in [5.41, 5.74) is 1.12. The van der Waals surface area contributed by atoms with Crippen molar-refractivity contribution in [1.82, 2.24) is 4.98 Å². The zero-order chi connectivity index (χ0) is 11.8. The van der Waals surface area contributed by atoms with Gasteiger partial charge in [0.2, 0.25) is 0 Å². The third-order valence-electron chi connectivity index (χ3n) is 1.96. The third kappa shape index (κ3) is 3.39. The van der Waals surface area contributed by atoms with Gasteiger partial charge in [-0.25, -0.2) is 0 Å². The Morgan fingerprint density at radius 2 is 1.75 bits per heavy atom. The Kier molecular flexibility index (Phi) is 5.06. The van der Waals surface area contributed by atoms with E-state index in [9.17, 15) is 0 Å². The number of aryl methyl sites for hydroxylation is 1. The first kappa shape index (κ1) is 12.2. The SMILES string of the molecule is CC.Cc1ccccc1Oc1cccnc1. The summed E-state index contributed by atoms with van der Waals surface area (Å²) in [6.07, 6.45) is 3.43. The summed E-state index contributed by atoms with van der Waals surface area (Å²) in [5, 5.41) is 0. The van der Waals surface area contributed by atoms with Gasteiger partial charge in [0.05, 0.1) is 6.20 Å². The normalized spacial score (nSPS) is 8.94. The van der Waals surface area contributed by atoms with E-state index in [2.05, 4.69) is 4.98 Å². The van der Waals surface area contributed by atoms with Gasteiger partial charge in [-0.1, -0.05) is 32.0 Å². The van der Waals surface area contributed by atoms with E-state index in [1.807, 2.05) is 57.2 Å². The molecular weight excluding hydrogens is 198 g/mol. The lowest BCUT2D eigenvalue weighted by atomic mass is 10.2. The van der Waals surface area contributed by atoms with Crippen molar-refractivity contribution < 1.29 is 4.74 Å². The molecule has 1 heterocycles.